The summed E-state index contributed by atoms with van der Waals surface area (Å²) in [5.74, 6) is -0.724. The van der Waals surface area contributed by atoms with Crippen LogP contribution in [-0.2, 0) is 16.0 Å². The van der Waals surface area contributed by atoms with Gasteiger partial charge in [0.15, 0.2) is 10.9 Å². The van der Waals surface area contributed by atoms with Crippen LogP contribution >= 0.6 is 11.8 Å². The second-order valence-electron chi connectivity index (χ2n) is 7.48. The molecule has 2 aromatic heterocycles. The Bertz CT molecular complexity index is 1210. The molecule has 0 aliphatic carbocycles. The smallest absolute Gasteiger partial charge is 0.340 e. The molecule has 0 radical (unpaired) electrons. The number of carbonyl (C=O) groups excluding carboxylic acids is 2. The minimum atomic E-state index is -0.524. The van der Waals surface area contributed by atoms with E-state index >= 15 is 0 Å². The zero-order valence-corrected chi connectivity index (χ0v) is 20.2. The van der Waals surface area contributed by atoms with E-state index in [1.165, 1.54) is 11.8 Å². The monoisotopic (exact) mass is 471 g/mol. The predicted molar refractivity (Wildman–Crippen MR) is 128 cm³/mol. The molecule has 0 saturated carbocycles. The van der Waals surface area contributed by atoms with Crippen molar-refractivity contribution < 1.29 is 19.1 Å². The highest BCUT2D eigenvalue weighted by Crippen LogP contribution is 2.24. The van der Waals surface area contributed by atoms with Gasteiger partial charge in [-0.05, 0) is 46.2 Å². The summed E-state index contributed by atoms with van der Waals surface area (Å²) in [5, 5.41) is 0.998. The maximum Gasteiger partial charge on any atom is 0.340 e. The quantitative estimate of drug-likeness (QED) is 0.149. The number of hydrogen-bond donors (Lipinski definition) is 1. The van der Waals surface area contributed by atoms with Crippen LogP contribution < -0.4 is 5.56 Å². The average Bonchev–Trinajstić information content (AvgIpc) is 3.10. The fraction of sp³-hybridized carbons (Fsp3) is 0.417. The Morgan fingerprint density at radius 1 is 1.09 bits per heavy atom. The van der Waals surface area contributed by atoms with Gasteiger partial charge in [-0.2, -0.15) is 0 Å². The van der Waals surface area contributed by atoms with Gasteiger partial charge < -0.3 is 14.5 Å². The summed E-state index contributed by atoms with van der Waals surface area (Å²) in [6, 6.07) is 7.16. The van der Waals surface area contributed by atoms with Crippen LogP contribution in [0.15, 0.2) is 34.2 Å². The first-order chi connectivity index (χ1) is 15.9. The third kappa shape index (κ3) is 5.54. The topological polar surface area (TPSA) is 103 Å². The highest BCUT2D eigenvalue weighted by Gasteiger charge is 2.25. The zero-order chi connectivity index (χ0) is 24.0. The van der Waals surface area contributed by atoms with Crippen molar-refractivity contribution in [1.82, 2.24) is 14.5 Å². The Labute approximate surface area is 196 Å². The summed E-state index contributed by atoms with van der Waals surface area (Å²) in [7, 11) is 0. The molecular weight excluding hydrogens is 442 g/mol. The molecular formula is C24H29N3O5S. The van der Waals surface area contributed by atoms with Crippen LogP contribution in [0.3, 0.4) is 0 Å². The number of esters is 1. The maximum atomic E-state index is 13.2. The number of nitrogens with one attached hydrogen (secondary N) is 1. The van der Waals surface area contributed by atoms with E-state index < -0.39 is 5.97 Å². The molecule has 2 heterocycles. The van der Waals surface area contributed by atoms with Crippen molar-refractivity contribution in [3.05, 3.63) is 57.1 Å². The standard InChI is InChI=1S/C24H29N3O5S/c1-5-31-13-9-12-27-22(29)17-10-7-8-11-18(17)26-24(27)33-14-19(28)20-15(3)25-16(4)21(20)23(30)32-6-2/h7-8,10-11,25H,5-6,9,12-14H2,1-4H3. The van der Waals surface area contributed by atoms with Crippen molar-refractivity contribution in [2.75, 3.05) is 25.6 Å². The number of thioether (sulfide) groups is 1. The number of nitrogens with zero attached hydrogens (tertiary/aromatic N) is 2. The number of Topliss-reactive ketones (excluding diaryl/α,β-unsaturated/α-hetero) is 1. The molecule has 3 aromatic rings. The van der Waals surface area contributed by atoms with E-state index in [0.717, 1.165) is 0 Å². The van der Waals surface area contributed by atoms with Crippen LogP contribution in [0, 0.1) is 13.8 Å². The summed E-state index contributed by atoms with van der Waals surface area (Å²) in [4.78, 5) is 46.4. The van der Waals surface area contributed by atoms with E-state index in [0.29, 0.717) is 59.2 Å². The lowest BCUT2D eigenvalue weighted by Crippen LogP contribution is -2.24. The van der Waals surface area contributed by atoms with Crippen LogP contribution in [0.25, 0.3) is 10.9 Å². The summed E-state index contributed by atoms with van der Waals surface area (Å²) in [6.45, 7) is 8.94. The Hall–Kier alpha value is -2.91. The molecule has 0 saturated heterocycles. The molecule has 33 heavy (non-hydrogen) atoms. The number of aromatic nitrogens is 3. The third-order valence-electron chi connectivity index (χ3n) is 5.17. The molecule has 1 N–H and O–H groups in total. The largest absolute Gasteiger partial charge is 0.462 e. The maximum absolute atomic E-state index is 13.2. The molecule has 0 amide bonds. The first-order valence-corrected chi connectivity index (χ1v) is 12.0. The van der Waals surface area contributed by atoms with E-state index in [2.05, 4.69) is 9.97 Å². The van der Waals surface area contributed by atoms with Gasteiger partial charge in [-0.25, -0.2) is 9.78 Å². The summed E-state index contributed by atoms with van der Waals surface area (Å²) < 4.78 is 12.1. The van der Waals surface area contributed by atoms with Crippen molar-refractivity contribution in [1.29, 1.82) is 0 Å². The first-order valence-electron chi connectivity index (χ1n) is 11.0. The normalized spacial score (nSPS) is 11.2. The van der Waals surface area contributed by atoms with E-state index in [4.69, 9.17) is 9.47 Å². The highest BCUT2D eigenvalue weighted by atomic mass is 32.2. The van der Waals surface area contributed by atoms with Crippen molar-refractivity contribution in [3.8, 4) is 0 Å². The van der Waals surface area contributed by atoms with Crippen LogP contribution in [0.4, 0.5) is 0 Å². The second-order valence-corrected chi connectivity index (χ2v) is 8.42. The van der Waals surface area contributed by atoms with Gasteiger partial charge >= 0.3 is 5.97 Å². The number of aromatic amines is 1. The fourth-order valence-electron chi connectivity index (χ4n) is 3.71. The molecule has 3 rings (SSSR count). The Morgan fingerprint density at radius 3 is 2.55 bits per heavy atom. The van der Waals surface area contributed by atoms with Crippen molar-refractivity contribution in [2.24, 2.45) is 0 Å². The number of carbonyl (C=O) groups is 2. The van der Waals surface area contributed by atoms with Gasteiger partial charge in [0.1, 0.15) is 0 Å². The Kier molecular flexibility index (Phi) is 8.46. The van der Waals surface area contributed by atoms with Crippen LogP contribution in [0.5, 0.6) is 0 Å². The number of benzene rings is 1. The third-order valence-corrected chi connectivity index (χ3v) is 6.14. The van der Waals surface area contributed by atoms with Crippen molar-refractivity contribution >= 4 is 34.4 Å². The van der Waals surface area contributed by atoms with Gasteiger partial charge in [0, 0.05) is 31.1 Å². The van der Waals surface area contributed by atoms with E-state index in [1.807, 2.05) is 13.0 Å². The second kappa shape index (κ2) is 11.3. The number of para-hydroxylation sites is 1. The van der Waals surface area contributed by atoms with Crippen LogP contribution in [0.1, 0.15) is 52.4 Å². The lowest BCUT2D eigenvalue weighted by atomic mass is 10.1. The molecule has 0 unspecified atom stereocenters. The molecule has 8 nitrogen and oxygen atoms in total. The Balaban J connectivity index is 1.90. The molecule has 0 fully saturated rings. The molecule has 0 aliphatic heterocycles. The lowest BCUT2D eigenvalue weighted by Gasteiger charge is -2.13. The number of fused-ring (bicyclic) bond motifs is 1. The van der Waals surface area contributed by atoms with Gasteiger partial charge in [-0.15, -0.1) is 0 Å². The van der Waals surface area contributed by atoms with Gasteiger partial charge in [0.25, 0.3) is 5.56 Å². The van der Waals surface area contributed by atoms with Gasteiger partial charge in [0.05, 0.1) is 34.4 Å². The number of H-pyrrole nitrogens is 1. The molecule has 0 atom stereocenters. The zero-order valence-electron chi connectivity index (χ0n) is 19.4. The molecule has 0 spiro atoms. The molecule has 0 bridgehead atoms. The summed E-state index contributed by atoms with van der Waals surface area (Å²) >= 11 is 1.19. The minimum Gasteiger partial charge on any atom is -0.462 e. The molecule has 176 valence electrons. The van der Waals surface area contributed by atoms with Crippen molar-refractivity contribution in [2.45, 2.75) is 45.8 Å². The molecule has 9 heteroatoms. The van der Waals surface area contributed by atoms with E-state index in [1.54, 1.807) is 43.5 Å². The number of aryl methyl sites for hydroxylation is 2. The van der Waals surface area contributed by atoms with Crippen molar-refractivity contribution in [3.63, 3.8) is 0 Å². The average molecular weight is 472 g/mol. The highest BCUT2D eigenvalue weighted by molar-refractivity contribution is 7.99. The van der Waals surface area contributed by atoms with E-state index in [9.17, 15) is 14.4 Å². The first kappa shape index (κ1) is 24.7. The van der Waals surface area contributed by atoms with Crippen LogP contribution in [0.2, 0.25) is 0 Å². The number of ketones is 1. The van der Waals surface area contributed by atoms with Crippen LogP contribution in [-0.4, -0.2) is 51.9 Å². The summed E-state index contributed by atoms with van der Waals surface area (Å²) in [6.07, 6.45) is 0.651. The minimum absolute atomic E-state index is 0.0286. The van der Waals surface area contributed by atoms with E-state index in [-0.39, 0.29) is 29.3 Å². The predicted octanol–water partition coefficient (Wildman–Crippen LogP) is 3.92. The summed E-state index contributed by atoms with van der Waals surface area (Å²) in [5.41, 5.74) is 2.23. The lowest BCUT2D eigenvalue weighted by molar-refractivity contribution is 0.0522. The van der Waals surface area contributed by atoms with Gasteiger partial charge in [0.2, 0.25) is 0 Å². The molecule has 1 aromatic carbocycles. The SMILES string of the molecule is CCOCCCn1c(SCC(=O)c2c(C)[nH]c(C)c2C(=O)OCC)nc2ccccc2c1=O. The Morgan fingerprint density at radius 2 is 1.82 bits per heavy atom. The number of hydrogen-bond acceptors (Lipinski definition) is 7. The fourth-order valence-corrected chi connectivity index (χ4v) is 4.61. The van der Waals surface area contributed by atoms with Gasteiger partial charge in [-0.3, -0.25) is 14.2 Å². The number of ether oxygens (including phenoxy) is 2. The van der Waals surface area contributed by atoms with Gasteiger partial charge in [-0.1, -0.05) is 23.9 Å². The number of rotatable bonds is 11. The molecule has 0 aliphatic rings.